The van der Waals surface area contributed by atoms with Crippen molar-refractivity contribution in [2.24, 2.45) is 5.92 Å². The molecule has 3 heteroatoms. The highest BCUT2D eigenvalue weighted by Crippen LogP contribution is 2.37. The van der Waals surface area contributed by atoms with E-state index in [-0.39, 0.29) is 0 Å². The molecule has 1 aliphatic rings. The average molecular weight is 327 g/mol. The Morgan fingerprint density at radius 1 is 0.870 bits per heavy atom. The Kier molecular flexibility index (Phi) is 10.6. The lowest BCUT2D eigenvalue weighted by atomic mass is 9.73. The van der Waals surface area contributed by atoms with E-state index in [1.807, 2.05) is 0 Å². The molecule has 0 aromatic heterocycles. The van der Waals surface area contributed by atoms with Gasteiger partial charge in [0.2, 0.25) is 0 Å². The van der Waals surface area contributed by atoms with Crippen molar-refractivity contribution in [2.45, 2.75) is 115 Å². The highest BCUT2D eigenvalue weighted by atomic mass is 16.4. The zero-order valence-corrected chi connectivity index (χ0v) is 15.2. The summed E-state index contributed by atoms with van der Waals surface area (Å²) >= 11 is 0. The van der Waals surface area contributed by atoms with E-state index in [4.69, 9.17) is 0 Å². The molecular weight excluding hydrogens is 288 g/mol. The summed E-state index contributed by atoms with van der Waals surface area (Å²) in [6, 6.07) is 0. The fourth-order valence-electron chi connectivity index (χ4n) is 3.97. The van der Waals surface area contributed by atoms with Crippen LogP contribution in [0.25, 0.3) is 0 Å². The van der Waals surface area contributed by atoms with Gasteiger partial charge in [0.05, 0.1) is 11.5 Å². The van der Waals surface area contributed by atoms with Crippen molar-refractivity contribution in [1.29, 1.82) is 0 Å². The van der Waals surface area contributed by atoms with E-state index in [1.54, 1.807) is 0 Å². The third-order valence-corrected chi connectivity index (χ3v) is 5.51. The molecule has 0 aliphatic heterocycles. The molecule has 1 atom stereocenters. The maximum Gasteiger partial charge on any atom is 0.309 e. The highest BCUT2D eigenvalue weighted by Gasteiger charge is 2.41. The Morgan fingerprint density at radius 2 is 1.35 bits per heavy atom. The van der Waals surface area contributed by atoms with E-state index in [0.29, 0.717) is 19.3 Å². The number of unbranched alkanes of at least 4 members (excludes halogenated alkanes) is 9. The maximum absolute atomic E-state index is 11.5. The minimum Gasteiger partial charge on any atom is -0.481 e. The molecule has 0 saturated heterocycles. The minimum absolute atomic E-state index is 0.558. The minimum atomic E-state index is -0.941. The largest absolute Gasteiger partial charge is 0.481 e. The van der Waals surface area contributed by atoms with Crippen LogP contribution in [0, 0.1) is 5.92 Å². The number of aliphatic hydroxyl groups is 1. The van der Waals surface area contributed by atoms with Gasteiger partial charge in [-0.05, 0) is 19.3 Å². The van der Waals surface area contributed by atoms with Crippen LogP contribution in [-0.2, 0) is 4.79 Å². The third kappa shape index (κ3) is 8.19. The number of rotatable bonds is 13. The highest BCUT2D eigenvalue weighted by molar-refractivity contribution is 5.71. The topological polar surface area (TPSA) is 57.5 Å². The van der Waals surface area contributed by atoms with Crippen molar-refractivity contribution in [3.05, 3.63) is 0 Å². The van der Waals surface area contributed by atoms with Crippen molar-refractivity contribution in [3.63, 3.8) is 0 Å². The molecule has 0 radical (unpaired) electrons. The Morgan fingerprint density at radius 3 is 1.83 bits per heavy atom. The van der Waals surface area contributed by atoms with Gasteiger partial charge in [-0.2, -0.15) is 0 Å². The predicted molar refractivity (Wildman–Crippen MR) is 95.6 cm³/mol. The first-order valence-electron chi connectivity index (χ1n) is 10.1. The van der Waals surface area contributed by atoms with Crippen LogP contribution in [0.1, 0.15) is 110 Å². The first kappa shape index (κ1) is 20.5. The normalized spacial score (nSPS) is 18.7. The third-order valence-electron chi connectivity index (χ3n) is 5.51. The van der Waals surface area contributed by atoms with Gasteiger partial charge in [0.1, 0.15) is 0 Å². The van der Waals surface area contributed by atoms with E-state index in [9.17, 15) is 15.0 Å². The summed E-state index contributed by atoms with van der Waals surface area (Å²) in [5.41, 5.74) is -0.941. The van der Waals surface area contributed by atoms with E-state index in [1.165, 1.54) is 51.4 Å². The predicted octanol–water partition coefficient (Wildman–Crippen LogP) is 5.69. The second-order valence-electron chi connectivity index (χ2n) is 7.53. The summed E-state index contributed by atoms with van der Waals surface area (Å²) in [5.74, 6) is -1.36. The number of hydrogen-bond acceptors (Lipinski definition) is 2. The average Bonchev–Trinajstić information content (AvgIpc) is 2.52. The van der Waals surface area contributed by atoms with Gasteiger partial charge in [-0.3, -0.25) is 4.79 Å². The van der Waals surface area contributed by atoms with Crippen LogP contribution in [-0.4, -0.2) is 21.8 Å². The summed E-state index contributed by atoms with van der Waals surface area (Å²) < 4.78 is 0. The molecule has 2 N–H and O–H groups in total. The molecule has 0 aromatic rings. The number of carboxylic acid groups (broad SMARTS) is 1. The first-order valence-corrected chi connectivity index (χ1v) is 10.1. The van der Waals surface area contributed by atoms with Crippen molar-refractivity contribution in [2.75, 3.05) is 0 Å². The Bertz CT molecular complexity index is 308. The molecular formula is C20H38O3. The van der Waals surface area contributed by atoms with E-state index in [2.05, 4.69) is 6.92 Å². The zero-order valence-electron chi connectivity index (χ0n) is 15.2. The molecule has 23 heavy (non-hydrogen) atoms. The van der Waals surface area contributed by atoms with Gasteiger partial charge in [0, 0.05) is 0 Å². The fraction of sp³-hybridized carbons (Fsp3) is 0.950. The Labute approximate surface area is 142 Å². The molecule has 0 amide bonds. The van der Waals surface area contributed by atoms with Crippen LogP contribution in [0.15, 0.2) is 0 Å². The van der Waals surface area contributed by atoms with Crippen LogP contribution in [0.4, 0.5) is 0 Å². The van der Waals surface area contributed by atoms with Gasteiger partial charge in [0.15, 0.2) is 0 Å². The summed E-state index contributed by atoms with van der Waals surface area (Å²) in [5, 5.41) is 20.1. The summed E-state index contributed by atoms with van der Waals surface area (Å²) in [6.07, 6.45) is 17.6. The van der Waals surface area contributed by atoms with Crippen molar-refractivity contribution in [1.82, 2.24) is 0 Å². The van der Waals surface area contributed by atoms with Crippen molar-refractivity contribution in [3.8, 4) is 0 Å². The van der Waals surface area contributed by atoms with E-state index >= 15 is 0 Å². The monoisotopic (exact) mass is 326 g/mol. The lowest BCUT2D eigenvalue weighted by Crippen LogP contribution is -2.44. The molecule has 1 fully saturated rings. The zero-order chi connectivity index (χ0) is 17.0. The summed E-state index contributed by atoms with van der Waals surface area (Å²) in [7, 11) is 0. The van der Waals surface area contributed by atoms with Crippen LogP contribution >= 0.6 is 0 Å². The number of carbonyl (C=O) groups is 1. The number of aliphatic carboxylic acids is 1. The van der Waals surface area contributed by atoms with Crippen LogP contribution in [0.2, 0.25) is 0 Å². The molecule has 1 unspecified atom stereocenters. The smallest absolute Gasteiger partial charge is 0.309 e. The van der Waals surface area contributed by atoms with Gasteiger partial charge < -0.3 is 10.2 Å². The molecule has 136 valence electrons. The van der Waals surface area contributed by atoms with Crippen LogP contribution < -0.4 is 0 Å². The van der Waals surface area contributed by atoms with Gasteiger partial charge in [0.25, 0.3) is 0 Å². The molecule has 1 saturated carbocycles. The molecule has 0 bridgehead atoms. The fourth-order valence-corrected chi connectivity index (χ4v) is 3.97. The van der Waals surface area contributed by atoms with Gasteiger partial charge in [-0.1, -0.05) is 90.4 Å². The van der Waals surface area contributed by atoms with Crippen molar-refractivity contribution >= 4 is 5.97 Å². The quantitative estimate of drug-likeness (QED) is 0.427. The lowest BCUT2D eigenvalue weighted by molar-refractivity contribution is -0.155. The second-order valence-corrected chi connectivity index (χ2v) is 7.53. The van der Waals surface area contributed by atoms with Gasteiger partial charge in [-0.15, -0.1) is 0 Å². The molecule has 0 aromatic carbocycles. The van der Waals surface area contributed by atoms with E-state index in [0.717, 1.165) is 32.1 Å². The molecule has 3 nitrogen and oxygen atoms in total. The van der Waals surface area contributed by atoms with E-state index < -0.39 is 17.5 Å². The van der Waals surface area contributed by atoms with Crippen molar-refractivity contribution < 1.29 is 15.0 Å². The first-order chi connectivity index (χ1) is 11.1. The Balaban J connectivity index is 2.11. The number of carboxylic acids is 1. The summed E-state index contributed by atoms with van der Waals surface area (Å²) in [4.78, 5) is 11.5. The number of hydrogen-bond donors (Lipinski definition) is 2. The molecule has 1 aliphatic carbocycles. The van der Waals surface area contributed by atoms with Crippen LogP contribution in [0.5, 0.6) is 0 Å². The Hall–Kier alpha value is -0.570. The lowest BCUT2D eigenvalue weighted by Gasteiger charge is -2.37. The second kappa shape index (κ2) is 11.9. The molecule has 1 rings (SSSR count). The SMILES string of the molecule is CCCCCCCCCCCCC(C(=O)O)C1(O)CCCCC1. The maximum atomic E-state index is 11.5. The summed E-state index contributed by atoms with van der Waals surface area (Å²) in [6.45, 7) is 2.24. The molecule has 0 spiro atoms. The van der Waals surface area contributed by atoms with Gasteiger partial charge in [-0.25, -0.2) is 0 Å². The van der Waals surface area contributed by atoms with Crippen LogP contribution in [0.3, 0.4) is 0 Å². The molecule has 0 heterocycles. The standard InChI is InChI=1S/C20H38O3/c1-2-3-4-5-6-7-8-9-10-12-15-18(19(21)22)20(23)16-13-11-14-17-20/h18,23H,2-17H2,1H3,(H,21,22). The van der Waals surface area contributed by atoms with Gasteiger partial charge >= 0.3 is 5.97 Å².